The molecule has 0 bridgehead atoms. The van der Waals surface area contributed by atoms with Crippen LogP contribution in [0.4, 0.5) is 11.4 Å². The number of rotatable bonds is 5. The lowest BCUT2D eigenvalue weighted by atomic mass is 10.0. The van der Waals surface area contributed by atoms with E-state index < -0.39 is 10.0 Å². The summed E-state index contributed by atoms with van der Waals surface area (Å²) in [6, 6.07) is 13.2. The van der Waals surface area contributed by atoms with Crippen molar-refractivity contribution in [1.82, 2.24) is 4.31 Å². The molecule has 2 aliphatic heterocycles. The Balaban J connectivity index is 1.48. The molecular weight excluding hydrogens is 426 g/mol. The fourth-order valence-electron chi connectivity index (χ4n) is 4.64. The van der Waals surface area contributed by atoms with Crippen LogP contribution < -0.4 is 10.2 Å². The molecule has 4 rings (SSSR count). The van der Waals surface area contributed by atoms with Crippen LogP contribution in [0, 0.1) is 0 Å². The van der Waals surface area contributed by atoms with Crippen molar-refractivity contribution in [2.75, 3.05) is 16.8 Å². The molecule has 0 aliphatic carbocycles. The Kier molecular flexibility index (Phi) is 6.35. The maximum atomic E-state index is 13.2. The first-order valence-electron chi connectivity index (χ1n) is 11.1. The topological polar surface area (TPSA) is 86.8 Å². The number of carbonyl (C=O) groups excluding carboxylic acids is 2. The summed E-state index contributed by atoms with van der Waals surface area (Å²) in [7, 11) is -3.59. The molecule has 32 heavy (non-hydrogen) atoms. The Morgan fingerprint density at radius 3 is 2.31 bits per heavy atom. The van der Waals surface area contributed by atoms with E-state index in [1.165, 1.54) is 12.1 Å². The molecule has 2 fully saturated rings. The molecule has 0 aromatic heterocycles. The summed E-state index contributed by atoms with van der Waals surface area (Å²) in [5.41, 5.74) is 1.66. The normalized spacial score (nSPS) is 22.2. The molecule has 1 N–H and O–H groups in total. The van der Waals surface area contributed by atoms with Gasteiger partial charge in [-0.3, -0.25) is 9.59 Å². The lowest BCUT2D eigenvalue weighted by Crippen LogP contribution is -2.47. The number of nitrogens with zero attached hydrogens (tertiary/aromatic N) is 2. The second kappa shape index (κ2) is 9.03. The summed E-state index contributed by atoms with van der Waals surface area (Å²) in [5.74, 6) is -0.246. The van der Waals surface area contributed by atoms with Crippen molar-refractivity contribution in [2.24, 2.45) is 0 Å². The molecule has 0 spiro atoms. The molecule has 2 atom stereocenters. The fourth-order valence-corrected chi connectivity index (χ4v) is 6.52. The number of amides is 2. The second-order valence-corrected chi connectivity index (χ2v) is 10.5. The molecule has 2 heterocycles. The standard InChI is InChI=1S/C24H29N3O4S/c1-17-6-3-7-18(2)27(17)32(30,31)22-13-11-20(12-14-22)25-24(29)19-8-4-9-21(16-19)26-15-5-10-23(26)28/h4,8-9,11-14,16-18H,3,5-7,10,15H2,1-2H3,(H,25,29)/t17-,18+. The summed E-state index contributed by atoms with van der Waals surface area (Å²) >= 11 is 0. The number of sulfonamides is 1. The third-order valence-corrected chi connectivity index (χ3v) is 8.44. The smallest absolute Gasteiger partial charge is 0.255 e. The first-order chi connectivity index (χ1) is 15.3. The van der Waals surface area contributed by atoms with Crippen molar-refractivity contribution < 1.29 is 18.0 Å². The van der Waals surface area contributed by atoms with E-state index >= 15 is 0 Å². The van der Waals surface area contributed by atoms with Crippen LogP contribution in [0.3, 0.4) is 0 Å². The number of hydrogen-bond donors (Lipinski definition) is 1. The minimum atomic E-state index is -3.59. The molecule has 8 heteroatoms. The van der Waals surface area contributed by atoms with Crippen molar-refractivity contribution in [2.45, 2.75) is 62.9 Å². The van der Waals surface area contributed by atoms with E-state index in [-0.39, 0.29) is 28.8 Å². The Hall–Kier alpha value is -2.71. The maximum Gasteiger partial charge on any atom is 0.255 e. The summed E-state index contributed by atoms with van der Waals surface area (Å²) in [6.07, 6.45) is 4.10. The number of anilines is 2. The van der Waals surface area contributed by atoms with Gasteiger partial charge in [0.25, 0.3) is 5.91 Å². The van der Waals surface area contributed by atoms with E-state index in [1.807, 2.05) is 19.9 Å². The van der Waals surface area contributed by atoms with E-state index in [2.05, 4.69) is 5.32 Å². The van der Waals surface area contributed by atoms with Crippen molar-refractivity contribution in [1.29, 1.82) is 0 Å². The quantitative estimate of drug-likeness (QED) is 0.738. The van der Waals surface area contributed by atoms with E-state index in [0.29, 0.717) is 29.9 Å². The van der Waals surface area contributed by atoms with Gasteiger partial charge in [0, 0.05) is 42.0 Å². The van der Waals surface area contributed by atoms with Crippen LogP contribution in [0.25, 0.3) is 0 Å². The number of nitrogens with one attached hydrogen (secondary N) is 1. The van der Waals surface area contributed by atoms with Gasteiger partial charge >= 0.3 is 0 Å². The van der Waals surface area contributed by atoms with Gasteiger partial charge in [-0.05, 0) is 75.6 Å². The van der Waals surface area contributed by atoms with E-state index in [1.54, 1.807) is 39.5 Å². The molecule has 0 radical (unpaired) electrons. The fraction of sp³-hybridized carbons (Fsp3) is 0.417. The van der Waals surface area contributed by atoms with Gasteiger partial charge < -0.3 is 10.2 Å². The molecule has 170 valence electrons. The number of hydrogen-bond acceptors (Lipinski definition) is 4. The first kappa shape index (κ1) is 22.5. The van der Waals surface area contributed by atoms with Gasteiger partial charge in [0.05, 0.1) is 4.90 Å². The van der Waals surface area contributed by atoms with Crippen LogP contribution in [-0.4, -0.2) is 43.2 Å². The molecule has 7 nitrogen and oxygen atoms in total. The predicted molar refractivity (Wildman–Crippen MR) is 124 cm³/mol. The molecule has 2 aliphatic rings. The van der Waals surface area contributed by atoms with Gasteiger partial charge in [0.2, 0.25) is 15.9 Å². The van der Waals surface area contributed by atoms with E-state index in [0.717, 1.165) is 25.7 Å². The van der Waals surface area contributed by atoms with Gasteiger partial charge in [0.1, 0.15) is 0 Å². The maximum absolute atomic E-state index is 13.2. The second-order valence-electron chi connectivity index (χ2n) is 8.64. The third-order valence-electron chi connectivity index (χ3n) is 6.29. The van der Waals surface area contributed by atoms with E-state index in [4.69, 9.17) is 0 Å². The Morgan fingerprint density at radius 1 is 1.00 bits per heavy atom. The average molecular weight is 456 g/mol. The minimum Gasteiger partial charge on any atom is -0.322 e. The summed E-state index contributed by atoms with van der Waals surface area (Å²) < 4.78 is 27.9. The first-order valence-corrected chi connectivity index (χ1v) is 12.6. The van der Waals surface area contributed by atoms with Gasteiger partial charge in [-0.25, -0.2) is 8.42 Å². The van der Waals surface area contributed by atoms with Crippen LogP contribution in [-0.2, 0) is 14.8 Å². The van der Waals surface area contributed by atoms with Gasteiger partial charge in [-0.15, -0.1) is 0 Å². The summed E-state index contributed by atoms with van der Waals surface area (Å²) in [4.78, 5) is 26.6. The predicted octanol–water partition coefficient (Wildman–Crippen LogP) is 4.02. The summed E-state index contributed by atoms with van der Waals surface area (Å²) in [5, 5.41) is 2.81. The minimum absolute atomic E-state index is 0.0297. The number of carbonyl (C=O) groups is 2. The molecular formula is C24H29N3O4S. The van der Waals surface area contributed by atoms with Gasteiger partial charge in [0.15, 0.2) is 0 Å². The molecule has 2 aromatic rings. The lowest BCUT2D eigenvalue weighted by Gasteiger charge is -2.37. The molecule has 0 unspecified atom stereocenters. The van der Waals surface area contributed by atoms with Gasteiger partial charge in [-0.1, -0.05) is 12.5 Å². The van der Waals surface area contributed by atoms with E-state index in [9.17, 15) is 18.0 Å². The number of benzene rings is 2. The highest BCUT2D eigenvalue weighted by Crippen LogP contribution is 2.30. The molecule has 2 amide bonds. The van der Waals surface area contributed by atoms with Crippen LogP contribution >= 0.6 is 0 Å². The Morgan fingerprint density at radius 2 is 1.69 bits per heavy atom. The third kappa shape index (κ3) is 4.42. The Bertz CT molecular complexity index is 1100. The highest BCUT2D eigenvalue weighted by molar-refractivity contribution is 7.89. The molecule has 0 saturated carbocycles. The van der Waals surface area contributed by atoms with Crippen molar-refractivity contribution in [3.8, 4) is 0 Å². The molecule has 2 aromatic carbocycles. The zero-order valence-electron chi connectivity index (χ0n) is 18.5. The largest absolute Gasteiger partial charge is 0.322 e. The Labute approximate surface area is 189 Å². The van der Waals surface area contributed by atoms with Gasteiger partial charge in [-0.2, -0.15) is 4.31 Å². The van der Waals surface area contributed by atoms with Crippen LogP contribution in [0.15, 0.2) is 53.4 Å². The van der Waals surface area contributed by atoms with Crippen LogP contribution in [0.2, 0.25) is 0 Å². The molecule has 2 saturated heterocycles. The van der Waals surface area contributed by atoms with Crippen molar-refractivity contribution in [3.63, 3.8) is 0 Å². The summed E-state index contributed by atoms with van der Waals surface area (Å²) in [6.45, 7) is 4.56. The SMILES string of the molecule is C[C@@H]1CCC[C@H](C)N1S(=O)(=O)c1ccc(NC(=O)c2cccc(N3CCCC3=O)c2)cc1. The van der Waals surface area contributed by atoms with Crippen LogP contribution in [0.1, 0.15) is 56.3 Å². The highest BCUT2D eigenvalue weighted by atomic mass is 32.2. The van der Waals surface area contributed by atoms with Crippen molar-refractivity contribution in [3.05, 3.63) is 54.1 Å². The zero-order chi connectivity index (χ0) is 22.9. The number of piperidine rings is 1. The highest BCUT2D eigenvalue weighted by Gasteiger charge is 2.35. The van der Waals surface area contributed by atoms with Crippen LogP contribution in [0.5, 0.6) is 0 Å². The monoisotopic (exact) mass is 455 g/mol. The zero-order valence-corrected chi connectivity index (χ0v) is 19.3. The lowest BCUT2D eigenvalue weighted by molar-refractivity contribution is -0.117. The van der Waals surface area contributed by atoms with Crippen molar-refractivity contribution >= 4 is 33.2 Å². The average Bonchev–Trinajstić information content (AvgIpc) is 3.20.